The lowest BCUT2D eigenvalue weighted by atomic mass is 9.96. The van der Waals surface area contributed by atoms with Crippen LogP contribution in [-0.4, -0.2) is 36.6 Å². The summed E-state index contributed by atoms with van der Waals surface area (Å²) in [4.78, 5) is 2.61. The molecule has 2 atom stereocenters. The van der Waals surface area contributed by atoms with Crippen molar-refractivity contribution in [3.05, 3.63) is 0 Å². The molecule has 0 aromatic heterocycles. The predicted octanol–water partition coefficient (Wildman–Crippen LogP) is 3.17. The van der Waals surface area contributed by atoms with Crippen LogP contribution < -0.4 is 5.32 Å². The molecule has 19 heavy (non-hydrogen) atoms. The van der Waals surface area contributed by atoms with Gasteiger partial charge in [0.05, 0.1) is 6.07 Å². The van der Waals surface area contributed by atoms with E-state index in [0.29, 0.717) is 0 Å². The first-order valence-electron chi connectivity index (χ1n) is 7.98. The summed E-state index contributed by atoms with van der Waals surface area (Å²) >= 11 is 0. The van der Waals surface area contributed by atoms with Crippen LogP contribution in [-0.2, 0) is 0 Å². The molecule has 0 aromatic carbocycles. The maximum absolute atomic E-state index is 9.21. The lowest BCUT2D eigenvalue weighted by Gasteiger charge is -2.24. The number of nitrogens with zero attached hydrogens (tertiary/aromatic N) is 2. The second kappa shape index (κ2) is 8.55. The van der Waals surface area contributed by atoms with Gasteiger partial charge in [-0.1, -0.05) is 13.8 Å². The number of hydrogen-bond acceptors (Lipinski definition) is 3. The Labute approximate surface area is 119 Å². The van der Waals surface area contributed by atoms with Crippen LogP contribution in [0.15, 0.2) is 0 Å². The average Bonchev–Trinajstić information content (AvgIpc) is 2.60. The van der Waals surface area contributed by atoms with Crippen LogP contribution in [0, 0.1) is 17.2 Å². The SMILES string of the molecule is CCNC(C)(C#N)CCCCN1CCCC(C)CC1. The van der Waals surface area contributed by atoms with Gasteiger partial charge in [-0.25, -0.2) is 0 Å². The first-order valence-corrected chi connectivity index (χ1v) is 7.98. The van der Waals surface area contributed by atoms with Crippen molar-refractivity contribution in [2.45, 2.75) is 64.8 Å². The lowest BCUT2D eigenvalue weighted by Crippen LogP contribution is -2.40. The first-order chi connectivity index (χ1) is 9.09. The van der Waals surface area contributed by atoms with Crippen LogP contribution in [0.2, 0.25) is 0 Å². The van der Waals surface area contributed by atoms with Crippen molar-refractivity contribution < 1.29 is 0 Å². The average molecular weight is 265 g/mol. The molecule has 1 aliphatic rings. The molecule has 0 saturated carbocycles. The molecule has 0 aliphatic carbocycles. The van der Waals surface area contributed by atoms with E-state index in [1.165, 1.54) is 45.3 Å². The topological polar surface area (TPSA) is 39.1 Å². The Morgan fingerprint density at radius 3 is 2.79 bits per heavy atom. The summed E-state index contributed by atoms with van der Waals surface area (Å²) in [6.07, 6.45) is 7.42. The van der Waals surface area contributed by atoms with Gasteiger partial charge >= 0.3 is 0 Å². The van der Waals surface area contributed by atoms with E-state index in [9.17, 15) is 5.26 Å². The minimum absolute atomic E-state index is 0.331. The zero-order valence-electron chi connectivity index (χ0n) is 13.0. The standard InChI is InChI=1S/C16H31N3/c1-4-18-16(3,14-17)10-5-6-11-19-12-7-8-15(2)9-13-19/h15,18H,4-13H2,1-3H3. The molecule has 110 valence electrons. The Hall–Kier alpha value is -0.590. The van der Waals surface area contributed by atoms with Crippen molar-refractivity contribution in [2.75, 3.05) is 26.2 Å². The number of hydrogen-bond donors (Lipinski definition) is 1. The Balaban J connectivity index is 2.18. The summed E-state index contributed by atoms with van der Waals surface area (Å²) in [7, 11) is 0. The Morgan fingerprint density at radius 2 is 2.11 bits per heavy atom. The highest BCUT2D eigenvalue weighted by Crippen LogP contribution is 2.18. The number of nitrogens with one attached hydrogen (secondary N) is 1. The lowest BCUT2D eigenvalue weighted by molar-refractivity contribution is 0.270. The van der Waals surface area contributed by atoms with Crippen molar-refractivity contribution in [3.8, 4) is 6.07 Å². The molecule has 1 fully saturated rings. The maximum atomic E-state index is 9.21. The zero-order valence-corrected chi connectivity index (χ0v) is 13.0. The molecule has 1 aliphatic heterocycles. The number of nitriles is 1. The highest BCUT2D eigenvalue weighted by atomic mass is 15.1. The normalized spacial score (nSPS) is 24.4. The second-order valence-electron chi connectivity index (χ2n) is 6.31. The van der Waals surface area contributed by atoms with Crippen LogP contribution in [0.1, 0.15) is 59.3 Å². The molecule has 1 rings (SSSR count). The summed E-state index contributed by atoms with van der Waals surface area (Å²) in [5.41, 5.74) is -0.331. The molecule has 0 bridgehead atoms. The van der Waals surface area contributed by atoms with Crippen molar-refractivity contribution in [1.82, 2.24) is 10.2 Å². The van der Waals surface area contributed by atoms with Crippen LogP contribution in [0.5, 0.6) is 0 Å². The van der Waals surface area contributed by atoms with Crippen LogP contribution in [0.3, 0.4) is 0 Å². The van der Waals surface area contributed by atoms with Crippen LogP contribution in [0.25, 0.3) is 0 Å². The molecular weight excluding hydrogens is 234 g/mol. The summed E-state index contributed by atoms with van der Waals surface area (Å²) < 4.78 is 0. The third-order valence-corrected chi connectivity index (χ3v) is 4.32. The Morgan fingerprint density at radius 1 is 1.32 bits per heavy atom. The summed E-state index contributed by atoms with van der Waals surface area (Å²) in [5.74, 6) is 0.903. The quantitative estimate of drug-likeness (QED) is 0.719. The van der Waals surface area contributed by atoms with Gasteiger partial charge in [0.25, 0.3) is 0 Å². The first kappa shape index (κ1) is 16.5. The molecule has 1 heterocycles. The summed E-state index contributed by atoms with van der Waals surface area (Å²) in [6.45, 7) is 11.1. The van der Waals surface area contributed by atoms with E-state index in [1.807, 2.05) is 6.92 Å². The fourth-order valence-corrected chi connectivity index (χ4v) is 2.93. The largest absolute Gasteiger partial charge is 0.303 e. The van der Waals surface area contributed by atoms with Gasteiger partial charge in [-0.3, -0.25) is 5.32 Å². The smallest absolute Gasteiger partial charge is 0.103 e. The van der Waals surface area contributed by atoms with Crippen LogP contribution in [0.4, 0.5) is 0 Å². The van der Waals surface area contributed by atoms with E-state index in [-0.39, 0.29) is 5.54 Å². The van der Waals surface area contributed by atoms with Gasteiger partial charge in [0.15, 0.2) is 0 Å². The van der Waals surface area contributed by atoms with E-state index in [0.717, 1.165) is 25.3 Å². The van der Waals surface area contributed by atoms with Crippen molar-refractivity contribution >= 4 is 0 Å². The highest BCUT2D eigenvalue weighted by molar-refractivity contribution is 5.03. The third-order valence-electron chi connectivity index (χ3n) is 4.32. The molecule has 3 heteroatoms. The third kappa shape index (κ3) is 6.40. The fraction of sp³-hybridized carbons (Fsp3) is 0.938. The van der Waals surface area contributed by atoms with Crippen molar-refractivity contribution in [2.24, 2.45) is 5.92 Å². The molecule has 1 N–H and O–H groups in total. The van der Waals surface area contributed by atoms with Gasteiger partial charge in [-0.2, -0.15) is 5.26 Å². The molecular formula is C16H31N3. The molecule has 0 radical (unpaired) electrons. The molecule has 0 aromatic rings. The van der Waals surface area contributed by atoms with E-state index in [2.05, 4.69) is 30.1 Å². The number of likely N-dealkylation sites (tertiary alicyclic amines) is 1. The Bertz CT molecular complexity index is 284. The van der Waals surface area contributed by atoms with Crippen LogP contribution >= 0.6 is 0 Å². The molecule has 2 unspecified atom stereocenters. The molecule has 0 spiro atoms. The zero-order chi connectivity index (χ0) is 14.1. The van der Waals surface area contributed by atoms with E-state index in [1.54, 1.807) is 0 Å². The van der Waals surface area contributed by atoms with E-state index < -0.39 is 0 Å². The molecule has 0 amide bonds. The van der Waals surface area contributed by atoms with E-state index in [4.69, 9.17) is 0 Å². The van der Waals surface area contributed by atoms with Gasteiger partial charge in [0.2, 0.25) is 0 Å². The molecule has 3 nitrogen and oxygen atoms in total. The Kier molecular flexibility index (Phi) is 7.41. The van der Waals surface area contributed by atoms with E-state index >= 15 is 0 Å². The highest BCUT2D eigenvalue weighted by Gasteiger charge is 2.21. The van der Waals surface area contributed by atoms with Gasteiger partial charge in [0, 0.05) is 0 Å². The minimum Gasteiger partial charge on any atom is -0.303 e. The van der Waals surface area contributed by atoms with Gasteiger partial charge < -0.3 is 4.90 Å². The fourth-order valence-electron chi connectivity index (χ4n) is 2.93. The number of rotatable bonds is 7. The summed E-state index contributed by atoms with van der Waals surface area (Å²) in [6, 6.07) is 2.41. The monoisotopic (exact) mass is 265 g/mol. The van der Waals surface area contributed by atoms with Gasteiger partial charge in [-0.05, 0) is 77.5 Å². The minimum atomic E-state index is -0.331. The van der Waals surface area contributed by atoms with Crippen molar-refractivity contribution in [1.29, 1.82) is 5.26 Å². The van der Waals surface area contributed by atoms with Gasteiger partial charge in [0.1, 0.15) is 5.54 Å². The summed E-state index contributed by atoms with van der Waals surface area (Å²) in [5, 5.41) is 12.5. The predicted molar refractivity (Wildman–Crippen MR) is 81.0 cm³/mol. The second-order valence-corrected chi connectivity index (χ2v) is 6.31. The van der Waals surface area contributed by atoms with Gasteiger partial charge in [-0.15, -0.1) is 0 Å². The van der Waals surface area contributed by atoms with Crippen molar-refractivity contribution in [3.63, 3.8) is 0 Å². The molecule has 1 saturated heterocycles. The maximum Gasteiger partial charge on any atom is 0.103 e. The number of unbranched alkanes of at least 4 members (excludes halogenated alkanes) is 1.